The van der Waals surface area contributed by atoms with Gasteiger partial charge in [-0.25, -0.2) is 0 Å². The number of hydrogen-bond acceptors (Lipinski definition) is 3. The number of benzene rings is 7. The summed E-state index contributed by atoms with van der Waals surface area (Å²) in [5.74, 6) is 0. The van der Waals surface area contributed by atoms with Crippen molar-refractivity contribution >= 4 is 68.6 Å². The highest BCUT2D eigenvalue weighted by molar-refractivity contribution is 7.01. The first-order valence-electron chi connectivity index (χ1n) is 25.9. The van der Waals surface area contributed by atoms with Crippen molar-refractivity contribution in [2.75, 3.05) is 14.7 Å². The van der Waals surface area contributed by atoms with E-state index in [4.69, 9.17) is 0 Å². The number of rotatable bonds is 4. The third kappa shape index (κ3) is 6.25. The van der Waals surface area contributed by atoms with E-state index in [1.54, 1.807) is 0 Å². The van der Waals surface area contributed by atoms with E-state index in [0.717, 1.165) is 6.42 Å². The predicted molar refractivity (Wildman–Crippen MR) is 297 cm³/mol. The van der Waals surface area contributed by atoms with Crippen LogP contribution in [0.4, 0.5) is 45.5 Å². The van der Waals surface area contributed by atoms with Gasteiger partial charge in [0.05, 0.1) is 5.54 Å². The van der Waals surface area contributed by atoms with Crippen molar-refractivity contribution in [3.8, 4) is 11.1 Å². The second kappa shape index (κ2) is 14.5. The standard InChI is InChI=1S/C65H70BN3/c1-60(2,3)43-26-22-41(23-27-43)42-24-31-46(32-25-42)67-53-20-16-18-49-57(53)66-58-50(63(49,10)11)19-17-21-54(58)68(47-33-28-44(29-34-47)61(4,5)6)56-40-48(39-55(67)59(56)66)69-52-35-30-45(62(7,8)9)38-51(52)64(12)36-14-15-37-65(64,69)13/h16-35,38-40H,14-15,36-37H2,1-13H3. The Kier molecular flexibility index (Phi) is 9.32. The maximum Gasteiger partial charge on any atom is 0.252 e. The quantitative estimate of drug-likeness (QED) is 0.163. The van der Waals surface area contributed by atoms with Crippen LogP contribution in [0.3, 0.4) is 0 Å². The fourth-order valence-corrected chi connectivity index (χ4v) is 13.7. The maximum atomic E-state index is 2.82. The van der Waals surface area contributed by atoms with Gasteiger partial charge in [-0.2, -0.15) is 0 Å². The van der Waals surface area contributed by atoms with Crippen LogP contribution in [0.5, 0.6) is 0 Å². The molecule has 348 valence electrons. The highest BCUT2D eigenvalue weighted by Gasteiger charge is 2.59. The average Bonchev–Trinajstić information content (AvgIpc) is 3.52. The minimum Gasteiger partial charge on any atom is -0.334 e. The van der Waals surface area contributed by atoms with Gasteiger partial charge in [0.25, 0.3) is 6.71 Å². The van der Waals surface area contributed by atoms with Crippen molar-refractivity contribution < 1.29 is 0 Å². The van der Waals surface area contributed by atoms with Gasteiger partial charge in [-0.1, -0.05) is 181 Å². The van der Waals surface area contributed by atoms with Gasteiger partial charge in [0.1, 0.15) is 0 Å². The molecule has 2 unspecified atom stereocenters. The second-order valence-electron chi connectivity index (χ2n) is 25.4. The van der Waals surface area contributed by atoms with E-state index < -0.39 is 0 Å². The van der Waals surface area contributed by atoms with Crippen molar-refractivity contribution in [2.24, 2.45) is 0 Å². The van der Waals surface area contributed by atoms with E-state index in [9.17, 15) is 0 Å². The summed E-state index contributed by atoms with van der Waals surface area (Å²) < 4.78 is 0. The van der Waals surface area contributed by atoms with Crippen molar-refractivity contribution in [2.45, 2.75) is 148 Å². The molecule has 1 saturated carbocycles. The average molecular weight is 904 g/mol. The zero-order chi connectivity index (χ0) is 48.4. The molecule has 2 atom stereocenters. The molecule has 0 bridgehead atoms. The van der Waals surface area contributed by atoms with Gasteiger partial charge < -0.3 is 14.7 Å². The third-order valence-corrected chi connectivity index (χ3v) is 17.9. The molecule has 4 heterocycles. The molecule has 4 aliphatic heterocycles. The molecule has 0 spiro atoms. The third-order valence-electron chi connectivity index (χ3n) is 17.9. The summed E-state index contributed by atoms with van der Waals surface area (Å²) in [5.41, 5.74) is 25.3. The van der Waals surface area contributed by atoms with Crippen LogP contribution in [-0.4, -0.2) is 12.3 Å². The van der Waals surface area contributed by atoms with Crippen molar-refractivity contribution in [3.05, 3.63) is 173 Å². The zero-order valence-electron chi connectivity index (χ0n) is 43.5. The lowest BCUT2D eigenvalue weighted by Crippen LogP contribution is -2.67. The molecule has 12 rings (SSSR count). The fourth-order valence-electron chi connectivity index (χ4n) is 13.7. The van der Waals surface area contributed by atoms with E-state index in [2.05, 4.69) is 244 Å². The summed E-state index contributed by atoms with van der Waals surface area (Å²) in [6, 6.07) is 55.2. The van der Waals surface area contributed by atoms with Crippen LogP contribution in [0.25, 0.3) is 11.1 Å². The van der Waals surface area contributed by atoms with Crippen LogP contribution in [0.2, 0.25) is 0 Å². The largest absolute Gasteiger partial charge is 0.334 e. The van der Waals surface area contributed by atoms with Crippen LogP contribution in [0, 0.1) is 0 Å². The smallest absolute Gasteiger partial charge is 0.252 e. The molecule has 4 heteroatoms. The molecule has 3 nitrogen and oxygen atoms in total. The van der Waals surface area contributed by atoms with Crippen LogP contribution in [-0.2, 0) is 27.1 Å². The fraction of sp³-hybridized carbons (Fsp3) is 0.354. The number of anilines is 8. The molecule has 0 N–H and O–H groups in total. The molecule has 7 aromatic rings. The van der Waals surface area contributed by atoms with E-state index in [0.29, 0.717) is 0 Å². The Bertz CT molecular complexity index is 3230. The molecule has 69 heavy (non-hydrogen) atoms. The summed E-state index contributed by atoms with van der Waals surface area (Å²) in [6.45, 7) is 31.1. The Labute approximate surface area is 413 Å². The zero-order valence-corrected chi connectivity index (χ0v) is 43.5. The van der Waals surface area contributed by atoms with Crippen LogP contribution in [0.15, 0.2) is 140 Å². The highest BCUT2D eigenvalue weighted by Crippen LogP contribution is 2.62. The molecular weight excluding hydrogens is 834 g/mol. The molecule has 5 aliphatic rings. The van der Waals surface area contributed by atoms with Crippen molar-refractivity contribution in [3.63, 3.8) is 0 Å². The monoisotopic (exact) mass is 904 g/mol. The van der Waals surface area contributed by atoms with E-state index in [1.807, 2.05) is 0 Å². The predicted octanol–water partition coefficient (Wildman–Crippen LogP) is 15.7. The Morgan fingerprint density at radius 3 is 1.36 bits per heavy atom. The SMILES string of the molecule is CC(C)(C)c1ccc(-c2ccc(N3c4cc(N5c6ccc(C(C)(C)C)cc6C6(C)CCCCC56C)cc5c4B4c6c3cccc6C(C)(C)c3cccc(c34)N5c3ccc(C(C)(C)C)cc3)cc2)cc1. The van der Waals surface area contributed by atoms with Gasteiger partial charge >= 0.3 is 0 Å². The molecular formula is C65H70BN3. The Morgan fingerprint density at radius 1 is 0.406 bits per heavy atom. The summed E-state index contributed by atoms with van der Waals surface area (Å²) in [7, 11) is 0. The number of fused-ring (bicyclic) bond motifs is 3. The van der Waals surface area contributed by atoms with E-state index in [-0.39, 0.29) is 39.3 Å². The topological polar surface area (TPSA) is 9.72 Å². The van der Waals surface area contributed by atoms with Crippen LogP contribution >= 0.6 is 0 Å². The first kappa shape index (κ1) is 44.2. The molecule has 0 amide bonds. The Hall–Kier alpha value is -6.00. The summed E-state index contributed by atoms with van der Waals surface area (Å²) >= 11 is 0. The second-order valence-corrected chi connectivity index (χ2v) is 25.4. The highest BCUT2D eigenvalue weighted by atomic mass is 15.3. The molecule has 0 saturated heterocycles. The lowest BCUT2D eigenvalue weighted by atomic mass is 9.28. The van der Waals surface area contributed by atoms with Gasteiger partial charge in [-0.15, -0.1) is 0 Å². The van der Waals surface area contributed by atoms with E-state index in [1.165, 1.54) is 126 Å². The number of hydrogen-bond donors (Lipinski definition) is 0. The van der Waals surface area contributed by atoms with Gasteiger partial charge in [-0.05, 0) is 152 Å². The van der Waals surface area contributed by atoms with Gasteiger partial charge in [0.15, 0.2) is 0 Å². The minimum atomic E-state index is -0.205. The molecule has 0 aromatic heterocycles. The van der Waals surface area contributed by atoms with Gasteiger partial charge in [-0.3, -0.25) is 0 Å². The van der Waals surface area contributed by atoms with Gasteiger partial charge in [0, 0.05) is 56.3 Å². The molecule has 7 aromatic carbocycles. The first-order valence-corrected chi connectivity index (χ1v) is 25.9. The molecule has 0 radical (unpaired) electrons. The van der Waals surface area contributed by atoms with Crippen molar-refractivity contribution in [1.29, 1.82) is 0 Å². The Balaban J connectivity index is 1.15. The lowest BCUT2D eigenvalue weighted by molar-refractivity contribution is 0.195. The summed E-state index contributed by atoms with van der Waals surface area (Å²) in [6.07, 6.45) is 4.82. The van der Waals surface area contributed by atoms with Crippen molar-refractivity contribution in [1.82, 2.24) is 0 Å². The van der Waals surface area contributed by atoms with Crippen LogP contribution < -0.4 is 31.1 Å². The summed E-state index contributed by atoms with van der Waals surface area (Å²) in [4.78, 5) is 8.10. The normalized spacial score (nSPS) is 20.7. The molecule has 1 aliphatic carbocycles. The van der Waals surface area contributed by atoms with Gasteiger partial charge in [0.2, 0.25) is 0 Å². The maximum absolute atomic E-state index is 2.82. The summed E-state index contributed by atoms with van der Waals surface area (Å²) in [5, 5.41) is 0. The first-order chi connectivity index (χ1) is 32.6. The Morgan fingerprint density at radius 2 is 0.855 bits per heavy atom. The lowest BCUT2D eigenvalue weighted by Gasteiger charge is -2.52. The number of nitrogens with zero attached hydrogens (tertiary/aromatic N) is 3. The van der Waals surface area contributed by atoms with Crippen LogP contribution in [0.1, 0.15) is 149 Å². The molecule has 1 fully saturated rings. The van der Waals surface area contributed by atoms with E-state index >= 15 is 0 Å². The minimum absolute atomic E-state index is 0.00396.